The van der Waals surface area contributed by atoms with E-state index in [-0.39, 0.29) is 17.6 Å². The van der Waals surface area contributed by atoms with Crippen LogP contribution in [0.4, 0.5) is 10.2 Å². The van der Waals surface area contributed by atoms with Crippen LogP contribution in [0.15, 0.2) is 30.6 Å². The number of ketones is 1. The zero-order valence-electron chi connectivity index (χ0n) is 17.8. The molecule has 0 bridgehead atoms. The summed E-state index contributed by atoms with van der Waals surface area (Å²) in [6, 6.07) is 4.97. The molecule has 0 aliphatic carbocycles. The monoisotopic (exact) mass is 409 g/mol. The number of hydrogen-bond acceptors (Lipinski definition) is 5. The normalized spacial score (nSPS) is 16.7. The first kappa shape index (κ1) is 20.4. The third kappa shape index (κ3) is 4.20. The van der Waals surface area contributed by atoms with E-state index in [1.54, 1.807) is 22.8 Å². The van der Waals surface area contributed by atoms with Crippen LogP contribution in [0.5, 0.6) is 0 Å². The Morgan fingerprint density at radius 3 is 2.90 bits per heavy atom. The van der Waals surface area contributed by atoms with Gasteiger partial charge in [0.2, 0.25) is 0 Å². The van der Waals surface area contributed by atoms with Crippen LogP contribution in [-0.2, 0) is 6.42 Å². The first-order valence-corrected chi connectivity index (χ1v) is 10.7. The van der Waals surface area contributed by atoms with E-state index in [1.165, 1.54) is 6.92 Å². The highest BCUT2D eigenvalue weighted by molar-refractivity contribution is 5.99. The van der Waals surface area contributed by atoms with Gasteiger partial charge in [0.15, 0.2) is 11.4 Å². The lowest BCUT2D eigenvalue weighted by atomic mass is 10.0. The highest BCUT2D eigenvalue weighted by Crippen LogP contribution is 2.35. The van der Waals surface area contributed by atoms with Gasteiger partial charge in [-0.2, -0.15) is 5.10 Å². The van der Waals surface area contributed by atoms with E-state index in [1.807, 2.05) is 12.3 Å². The molecule has 158 valence electrons. The van der Waals surface area contributed by atoms with Crippen molar-refractivity contribution in [2.75, 3.05) is 11.4 Å². The number of pyridine rings is 1. The van der Waals surface area contributed by atoms with E-state index in [0.717, 1.165) is 55.9 Å². The van der Waals surface area contributed by atoms with E-state index in [0.29, 0.717) is 17.1 Å². The molecule has 1 aliphatic heterocycles. The Morgan fingerprint density at radius 2 is 2.13 bits per heavy atom. The van der Waals surface area contributed by atoms with Crippen molar-refractivity contribution >= 4 is 17.2 Å². The van der Waals surface area contributed by atoms with Crippen molar-refractivity contribution in [2.24, 2.45) is 5.92 Å². The van der Waals surface area contributed by atoms with Gasteiger partial charge in [0.1, 0.15) is 11.6 Å². The molecule has 0 N–H and O–H groups in total. The SMILES string of the molecule is CC(=O)c1cnn2ccc(N3CCC[C@@H]3c3cc(F)cc(CCCC(C)C)n3)nc12. The fraction of sp³-hybridized carbons (Fsp3) is 0.478. The third-order valence-corrected chi connectivity index (χ3v) is 5.70. The van der Waals surface area contributed by atoms with Crippen molar-refractivity contribution < 1.29 is 9.18 Å². The minimum atomic E-state index is -0.232. The Balaban J connectivity index is 1.62. The van der Waals surface area contributed by atoms with Gasteiger partial charge in [-0.25, -0.2) is 13.9 Å². The molecule has 30 heavy (non-hydrogen) atoms. The summed E-state index contributed by atoms with van der Waals surface area (Å²) in [7, 11) is 0. The topological polar surface area (TPSA) is 63.4 Å². The molecule has 0 amide bonds. The number of Topliss-reactive ketones (excluding diaryl/α,β-unsaturated/α-hetero) is 1. The van der Waals surface area contributed by atoms with Crippen molar-refractivity contribution in [2.45, 2.75) is 58.9 Å². The standard InChI is InChI=1S/C23H28FN5O/c1-15(2)6-4-7-18-12-17(24)13-20(26-18)21-8-5-10-28(21)22-9-11-29-23(27-22)19(14-25-29)16(3)30/h9,11-15,21H,4-8,10H2,1-3H3/t21-/m1/s1. The molecule has 4 rings (SSSR count). The molecule has 3 aromatic heterocycles. The summed E-state index contributed by atoms with van der Waals surface area (Å²) >= 11 is 0. The van der Waals surface area contributed by atoms with Crippen LogP contribution in [0.2, 0.25) is 0 Å². The predicted molar refractivity (Wildman–Crippen MR) is 114 cm³/mol. The fourth-order valence-electron chi connectivity index (χ4n) is 4.18. The molecule has 1 saturated heterocycles. The van der Waals surface area contributed by atoms with Crippen LogP contribution in [-0.4, -0.2) is 31.9 Å². The lowest BCUT2D eigenvalue weighted by Gasteiger charge is -2.26. The Hall–Kier alpha value is -2.83. The quantitative estimate of drug-likeness (QED) is 0.525. The van der Waals surface area contributed by atoms with Gasteiger partial charge in [0.25, 0.3) is 0 Å². The van der Waals surface area contributed by atoms with Crippen LogP contribution >= 0.6 is 0 Å². The lowest BCUT2D eigenvalue weighted by Crippen LogP contribution is -2.25. The van der Waals surface area contributed by atoms with Gasteiger partial charge >= 0.3 is 0 Å². The van der Waals surface area contributed by atoms with E-state index in [2.05, 4.69) is 23.8 Å². The molecule has 3 aromatic rings. The maximum atomic E-state index is 14.4. The average Bonchev–Trinajstić information content (AvgIpc) is 3.34. The van der Waals surface area contributed by atoms with Crippen LogP contribution in [0.25, 0.3) is 5.65 Å². The maximum Gasteiger partial charge on any atom is 0.168 e. The van der Waals surface area contributed by atoms with Crippen LogP contribution in [0.1, 0.15) is 74.2 Å². The van der Waals surface area contributed by atoms with Crippen LogP contribution in [0.3, 0.4) is 0 Å². The van der Waals surface area contributed by atoms with E-state index >= 15 is 0 Å². The van der Waals surface area contributed by atoms with Crippen molar-refractivity contribution in [3.8, 4) is 0 Å². The first-order chi connectivity index (χ1) is 14.4. The molecular formula is C23H28FN5O. The minimum absolute atomic E-state index is 0.0248. The van der Waals surface area contributed by atoms with Gasteiger partial charge < -0.3 is 4.90 Å². The summed E-state index contributed by atoms with van der Waals surface area (Å²) in [6.45, 7) is 6.73. The number of hydrogen-bond donors (Lipinski definition) is 0. The molecule has 0 aromatic carbocycles. The van der Waals surface area contributed by atoms with Gasteiger partial charge in [0, 0.05) is 18.4 Å². The van der Waals surface area contributed by atoms with Crippen LogP contribution in [0, 0.1) is 11.7 Å². The second-order valence-electron chi connectivity index (χ2n) is 8.51. The lowest BCUT2D eigenvalue weighted by molar-refractivity contribution is 0.101. The number of aryl methyl sites for hydroxylation is 1. The fourth-order valence-corrected chi connectivity index (χ4v) is 4.18. The number of carbonyl (C=O) groups excluding carboxylic acids is 1. The highest BCUT2D eigenvalue weighted by Gasteiger charge is 2.29. The van der Waals surface area contributed by atoms with Crippen molar-refractivity contribution in [3.05, 3.63) is 53.4 Å². The largest absolute Gasteiger partial charge is 0.348 e. The molecule has 0 radical (unpaired) electrons. The summed E-state index contributed by atoms with van der Waals surface area (Å²) in [6.07, 6.45) is 8.15. The van der Waals surface area contributed by atoms with E-state index in [4.69, 9.17) is 9.97 Å². The van der Waals surface area contributed by atoms with E-state index < -0.39 is 0 Å². The van der Waals surface area contributed by atoms with E-state index in [9.17, 15) is 9.18 Å². The molecule has 7 heteroatoms. The van der Waals surface area contributed by atoms with Crippen molar-refractivity contribution in [3.63, 3.8) is 0 Å². The summed E-state index contributed by atoms with van der Waals surface area (Å²) in [5.41, 5.74) is 2.63. The zero-order valence-corrected chi connectivity index (χ0v) is 17.8. The first-order valence-electron chi connectivity index (χ1n) is 10.7. The summed E-state index contributed by atoms with van der Waals surface area (Å²) in [5.74, 6) is 1.10. The number of rotatable bonds is 7. The molecule has 1 fully saturated rings. The van der Waals surface area contributed by atoms with Crippen LogP contribution < -0.4 is 4.90 Å². The Bertz CT molecular complexity index is 1060. The number of nitrogens with zero attached hydrogens (tertiary/aromatic N) is 5. The molecule has 4 heterocycles. The zero-order chi connectivity index (χ0) is 21.3. The molecular weight excluding hydrogens is 381 g/mol. The maximum absolute atomic E-state index is 14.4. The molecule has 1 aliphatic rings. The summed E-state index contributed by atoms with van der Waals surface area (Å²) < 4.78 is 16.0. The Morgan fingerprint density at radius 1 is 1.30 bits per heavy atom. The van der Waals surface area contributed by atoms with Gasteiger partial charge in [-0.1, -0.05) is 20.3 Å². The number of anilines is 1. The predicted octanol–water partition coefficient (Wildman–Crippen LogP) is 4.79. The molecule has 0 unspecified atom stereocenters. The average molecular weight is 410 g/mol. The van der Waals surface area contributed by atoms with Gasteiger partial charge in [-0.05, 0) is 56.7 Å². The highest BCUT2D eigenvalue weighted by atomic mass is 19.1. The minimum Gasteiger partial charge on any atom is -0.348 e. The second kappa shape index (κ2) is 8.50. The van der Waals surface area contributed by atoms with Crippen molar-refractivity contribution in [1.29, 1.82) is 0 Å². The summed E-state index contributed by atoms with van der Waals surface area (Å²) in [4.78, 5) is 23.6. The molecule has 6 nitrogen and oxygen atoms in total. The third-order valence-electron chi connectivity index (χ3n) is 5.70. The number of fused-ring (bicyclic) bond motifs is 1. The smallest absolute Gasteiger partial charge is 0.168 e. The number of carbonyl (C=O) groups is 1. The molecule has 0 saturated carbocycles. The van der Waals surface area contributed by atoms with Gasteiger partial charge in [-0.3, -0.25) is 9.78 Å². The summed E-state index contributed by atoms with van der Waals surface area (Å²) in [5, 5.41) is 4.20. The second-order valence-corrected chi connectivity index (χ2v) is 8.51. The van der Waals surface area contributed by atoms with Crippen molar-refractivity contribution in [1.82, 2.24) is 19.6 Å². The molecule has 1 atom stereocenters. The van der Waals surface area contributed by atoms with Gasteiger partial charge in [-0.15, -0.1) is 0 Å². The number of aromatic nitrogens is 4. The molecule has 0 spiro atoms. The van der Waals surface area contributed by atoms with Gasteiger partial charge in [0.05, 0.1) is 23.5 Å². The Kier molecular flexibility index (Phi) is 5.79. The number of halogens is 1. The Labute approximate surface area is 176 Å².